The molecule has 1 fully saturated rings. The third-order valence-corrected chi connectivity index (χ3v) is 4.04. The molecule has 0 radical (unpaired) electrons. The van der Waals surface area contributed by atoms with Gasteiger partial charge in [-0.05, 0) is 18.2 Å². The molecule has 1 aliphatic heterocycles. The summed E-state index contributed by atoms with van der Waals surface area (Å²) in [5.41, 5.74) is 0.570. The molecule has 0 bridgehead atoms. The van der Waals surface area contributed by atoms with E-state index in [-0.39, 0.29) is 5.91 Å². The topological polar surface area (TPSA) is 88.6 Å². The minimum absolute atomic E-state index is 0.137. The van der Waals surface area contributed by atoms with E-state index in [9.17, 15) is 4.79 Å². The maximum Gasteiger partial charge on any atom is 0.251 e. The molecule has 26 heavy (non-hydrogen) atoms. The number of morpholine rings is 1. The number of nitrogens with one attached hydrogen (secondary N) is 2. The zero-order valence-corrected chi connectivity index (χ0v) is 14.8. The number of nitrogens with zero attached hydrogens (tertiary/aromatic N) is 3. The van der Waals surface area contributed by atoms with Gasteiger partial charge >= 0.3 is 0 Å². The molecule has 2 aromatic rings. The fourth-order valence-corrected chi connectivity index (χ4v) is 2.64. The summed E-state index contributed by atoms with van der Waals surface area (Å²) < 4.78 is 10.5. The minimum Gasteiger partial charge on any atom is -0.497 e. The number of carbonyl (C=O) groups excluding carboxylic acids is 1. The Kier molecular flexibility index (Phi) is 6.21. The molecule has 3 rings (SSSR count). The van der Waals surface area contributed by atoms with Crippen LogP contribution in [0.4, 0.5) is 11.6 Å². The van der Waals surface area contributed by atoms with E-state index >= 15 is 0 Å². The Balaban J connectivity index is 1.46. The highest BCUT2D eigenvalue weighted by Gasteiger charge is 2.13. The predicted octanol–water partition coefficient (Wildman–Crippen LogP) is 1.16. The fraction of sp³-hybridized carbons (Fsp3) is 0.389. The number of ether oxygens (including phenoxy) is 2. The van der Waals surface area contributed by atoms with E-state index in [1.807, 2.05) is 6.07 Å². The lowest BCUT2D eigenvalue weighted by molar-refractivity contribution is 0.0955. The van der Waals surface area contributed by atoms with Crippen molar-refractivity contribution in [2.24, 2.45) is 0 Å². The number of carbonyl (C=O) groups is 1. The maximum absolute atomic E-state index is 12.1. The van der Waals surface area contributed by atoms with Gasteiger partial charge in [-0.2, -0.15) is 0 Å². The van der Waals surface area contributed by atoms with Crippen LogP contribution < -0.4 is 20.3 Å². The van der Waals surface area contributed by atoms with Crippen LogP contribution in [0.3, 0.4) is 0 Å². The van der Waals surface area contributed by atoms with Crippen molar-refractivity contribution in [1.29, 1.82) is 0 Å². The van der Waals surface area contributed by atoms with Gasteiger partial charge < -0.3 is 25.0 Å². The van der Waals surface area contributed by atoms with Crippen LogP contribution in [-0.2, 0) is 4.74 Å². The number of hydrogen-bond donors (Lipinski definition) is 2. The second-order valence-electron chi connectivity index (χ2n) is 5.78. The SMILES string of the molecule is COc1cccc(C(=O)NCCNc2cc(N3CCOCC3)ncn2)c1. The normalized spacial score (nSPS) is 14.0. The lowest BCUT2D eigenvalue weighted by atomic mass is 10.2. The zero-order valence-electron chi connectivity index (χ0n) is 14.8. The zero-order chi connectivity index (χ0) is 18.2. The van der Waals surface area contributed by atoms with Crippen molar-refractivity contribution in [3.05, 3.63) is 42.2 Å². The highest BCUT2D eigenvalue weighted by atomic mass is 16.5. The van der Waals surface area contributed by atoms with E-state index < -0.39 is 0 Å². The average Bonchev–Trinajstić information content (AvgIpc) is 2.72. The van der Waals surface area contributed by atoms with Crippen molar-refractivity contribution >= 4 is 17.5 Å². The summed E-state index contributed by atoms with van der Waals surface area (Å²) >= 11 is 0. The second-order valence-corrected chi connectivity index (χ2v) is 5.78. The van der Waals surface area contributed by atoms with Crippen LogP contribution in [-0.4, -0.2) is 62.4 Å². The molecule has 0 saturated carbocycles. The van der Waals surface area contributed by atoms with Gasteiger partial charge in [0.05, 0.1) is 20.3 Å². The van der Waals surface area contributed by atoms with Crippen LogP contribution in [0.15, 0.2) is 36.7 Å². The summed E-state index contributed by atoms with van der Waals surface area (Å²) in [6, 6.07) is 8.97. The van der Waals surface area contributed by atoms with Crippen molar-refractivity contribution in [2.45, 2.75) is 0 Å². The van der Waals surface area contributed by atoms with Gasteiger partial charge in [0.2, 0.25) is 0 Å². The molecule has 0 unspecified atom stereocenters. The van der Waals surface area contributed by atoms with E-state index in [0.29, 0.717) is 37.6 Å². The molecule has 0 atom stereocenters. The summed E-state index contributed by atoms with van der Waals surface area (Å²) in [7, 11) is 1.58. The van der Waals surface area contributed by atoms with Crippen molar-refractivity contribution in [1.82, 2.24) is 15.3 Å². The molecule has 8 nitrogen and oxygen atoms in total. The van der Waals surface area contributed by atoms with Gasteiger partial charge in [0.15, 0.2) is 0 Å². The Morgan fingerprint density at radius 2 is 2.08 bits per heavy atom. The largest absolute Gasteiger partial charge is 0.497 e. The summed E-state index contributed by atoms with van der Waals surface area (Å²) in [5, 5.41) is 6.08. The Morgan fingerprint density at radius 1 is 1.23 bits per heavy atom. The number of anilines is 2. The molecule has 0 spiro atoms. The fourth-order valence-electron chi connectivity index (χ4n) is 2.64. The number of methoxy groups -OCH3 is 1. The molecular formula is C18H23N5O3. The van der Waals surface area contributed by atoms with Crippen LogP contribution in [0, 0.1) is 0 Å². The second kappa shape index (κ2) is 9.00. The van der Waals surface area contributed by atoms with Crippen molar-refractivity contribution in [3.8, 4) is 5.75 Å². The molecule has 1 aliphatic rings. The lowest BCUT2D eigenvalue weighted by Crippen LogP contribution is -2.36. The first-order chi connectivity index (χ1) is 12.8. The number of amides is 1. The van der Waals surface area contributed by atoms with E-state index in [1.54, 1.807) is 37.7 Å². The first-order valence-electron chi connectivity index (χ1n) is 8.57. The molecule has 2 N–H and O–H groups in total. The maximum atomic E-state index is 12.1. The van der Waals surface area contributed by atoms with Crippen molar-refractivity contribution in [3.63, 3.8) is 0 Å². The van der Waals surface area contributed by atoms with Gasteiger partial charge in [-0.3, -0.25) is 4.79 Å². The third-order valence-electron chi connectivity index (χ3n) is 4.04. The molecule has 1 aromatic heterocycles. The van der Waals surface area contributed by atoms with Crippen LogP contribution >= 0.6 is 0 Å². The Bertz CT molecular complexity index is 734. The summed E-state index contributed by atoms with van der Waals surface area (Å²) in [5.74, 6) is 2.14. The van der Waals surface area contributed by atoms with Crippen molar-refractivity contribution in [2.75, 3.05) is 56.7 Å². The van der Waals surface area contributed by atoms with Crippen LogP contribution in [0.2, 0.25) is 0 Å². The smallest absolute Gasteiger partial charge is 0.251 e. The molecule has 0 aliphatic carbocycles. The van der Waals surface area contributed by atoms with E-state index in [1.165, 1.54) is 0 Å². The standard InChI is InChI=1S/C18H23N5O3/c1-25-15-4-2-3-14(11-15)18(24)20-6-5-19-16-12-17(22-13-21-16)23-7-9-26-10-8-23/h2-4,11-13H,5-10H2,1H3,(H,20,24)(H,19,21,22). The van der Waals surface area contributed by atoms with Gasteiger partial charge in [0.1, 0.15) is 23.7 Å². The minimum atomic E-state index is -0.137. The summed E-state index contributed by atoms with van der Waals surface area (Å²) in [4.78, 5) is 22.8. The van der Waals surface area contributed by atoms with Gasteiger partial charge in [-0.1, -0.05) is 6.07 Å². The molecular weight excluding hydrogens is 334 g/mol. The molecule has 1 saturated heterocycles. The van der Waals surface area contributed by atoms with Crippen LogP contribution in [0.25, 0.3) is 0 Å². The molecule has 2 heterocycles. The van der Waals surface area contributed by atoms with Gasteiger partial charge in [-0.15, -0.1) is 0 Å². The number of aromatic nitrogens is 2. The number of hydrogen-bond acceptors (Lipinski definition) is 7. The summed E-state index contributed by atoms with van der Waals surface area (Å²) in [6.07, 6.45) is 1.54. The Labute approximate surface area is 152 Å². The van der Waals surface area contributed by atoms with Crippen LogP contribution in [0.1, 0.15) is 10.4 Å². The first kappa shape index (κ1) is 17.9. The predicted molar refractivity (Wildman–Crippen MR) is 98.9 cm³/mol. The van der Waals surface area contributed by atoms with Crippen molar-refractivity contribution < 1.29 is 14.3 Å². The van der Waals surface area contributed by atoms with Gasteiger partial charge in [0, 0.05) is 37.8 Å². The molecule has 8 heteroatoms. The van der Waals surface area contributed by atoms with Crippen LogP contribution in [0.5, 0.6) is 5.75 Å². The lowest BCUT2D eigenvalue weighted by Gasteiger charge is -2.27. The van der Waals surface area contributed by atoms with E-state index in [2.05, 4.69) is 25.5 Å². The molecule has 1 aromatic carbocycles. The quantitative estimate of drug-likeness (QED) is 0.719. The molecule has 1 amide bonds. The highest BCUT2D eigenvalue weighted by Crippen LogP contribution is 2.15. The Hall–Kier alpha value is -2.87. The Morgan fingerprint density at radius 3 is 2.88 bits per heavy atom. The van der Waals surface area contributed by atoms with Gasteiger partial charge in [-0.25, -0.2) is 9.97 Å². The third kappa shape index (κ3) is 4.82. The average molecular weight is 357 g/mol. The number of benzene rings is 1. The first-order valence-corrected chi connectivity index (χ1v) is 8.57. The van der Waals surface area contributed by atoms with E-state index in [0.717, 1.165) is 24.7 Å². The van der Waals surface area contributed by atoms with E-state index in [4.69, 9.17) is 9.47 Å². The molecule has 138 valence electrons. The number of rotatable bonds is 7. The summed E-state index contributed by atoms with van der Waals surface area (Å²) in [6.45, 7) is 4.12. The monoisotopic (exact) mass is 357 g/mol. The highest BCUT2D eigenvalue weighted by molar-refractivity contribution is 5.94. The van der Waals surface area contributed by atoms with Gasteiger partial charge in [0.25, 0.3) is 5.91 Å².